The number of H-pyrrole nitrogens is 1. The average molecular weight is 750 g/mol. The van der Waals surface area contributed by atoms with Crippen molar-refractivity contribution in [3.63, 3.8) is 0 Å². The topological polar surface area (TPSA) is 88.1 Å². The SMILES string of the molecule is O=C(O)/C(=C/c1cc(I)c(OCc2ccccc2Cl)c(I)c1)Sc1n[nH]c(-c2ccc(Cl)cc2)n1. The molecule has 0 atom stereocenters. The first-order chi connectivity index (χ1) is 16.8. The first-order valence-corrected chi connectivity index (χ1v) is 13.7. The number of aromatic amines is 1. The number of nitrogens with one attached hydrogen (secondary N) is 1. The van der Waals surface area contributed by atoms with Crippen LogP contribution in [0.5, 0.6) is 5.75 Å². The zero-order valence-electron chi connectivity index (χ0n) is 17.6. The highest BCUT2D eigenvalue weighted by Gasteiger charge is 2.16. The van der Waals surface area contributed by atoms with Crippen molar-refractivity contribution in [3.8, 4) is 17.1 Å². The van der Waals surface area contributed by atoms with Crippen LogP contribution < -0.4 is 4.74 Å². The van der Waals surface area contributed by atoms with Crippen molar-refractivity contribution in [2.45, 2.75) is 11.8 Å². The Morgan fingerprint density at radius 2 is 1.77 bits per heavy atom. The number of carboxylic acid groups (broad SMARTS) is 1. The monoisotopic (exact) mass is 749 g/mol. The zero-order chi connectivity index (χ0) is 24.9. The maximum Gasteiger partial charge on any atom is 0.342 e. The lowest BCUT2D eigenvalue weighted by Crippen LogP contribution is -2.01. The van der Waals surface area contributed by atoms with Gasteiger partial charge in [0.15, 0.2) is 5.82 Å². The highest BCUT2D eigenvalue weighted by Crippen LogP contribution is 2.33. The summed E-state index contributed by atoms with van der Waals surface area (Å²) in [5, 5.41) is 18.3. The van der Waals surface area contributed by atoms with Crippen molar-refractivity contribution in [2.24, 2.45) is 0 Å². The summed E-state index contributed by atoms with van der Waals surface area (Å²) in [7, 11) is 0. The molecule has 0 fully saturated rings. The first kappa shape index (κ1) is 26.3. The Morgan fingerprint density at radius 3 is 2.43 bits per heavy atom. The van der Waals surface area contributed by atoms with Crippen LogP contribution in [0, 0.1) is 7.14 Å². The quantitative estimate of drug-likeness (QED) is 0.109. The molecular weight excluding hydrogens is 735 g/mol. The fraction of sp³-hybridized carbons (Fsp3) is 0.0417. The van der Waals surface area contributed by atoms with E-state index in [1.807, 2.05) is 48.5 Å². The molecule has 11 heteroatoms. The van der Waals surface area contributed by atoms with E-state index in [9.17, 15) is 9.90 Å². The van der Waals surface area contributed by atoms with Gasteiger partial charge in [-0.1, -0.05) is 41.4 Å². The number of halogens is 4. The van der Waals surface area contributed by atoms with Crippen LogP contribution in [0.4, 0.5) is 0 Å². The molecule has 0 radical (unpaired) electrons. The number of carbonyl (C=O) groups is 1. The summed E-state index contributed by atoms with van der Waals surface area (Å²) < 4.78 is 7.72. The standard InChI is InChI=1S/C24H15Cl2I2N3O3S/c25-16-7-5-14(6-8-16)22-29-24(31-30-22)35-20(23(32)33)11-13-9-18(27)21(19(28)10-13)34-12-15-3-1-2-4-17(15)26/h1-11H,12H2,(H,32,33)(H,29,30,31)/b20-11-. The molecule has 6 nitrogen and oxygen atoms in total. The molecule has 0 aliphatic carbocycles. The predicted octanol–water partition coefficient (Wildman–Crippen LogP) is 7.78. The molecule has 4 rings (SSSR count). The van der Waals surface area contributed by atoms with Gasteiger partial charge >= 0.3 is 5.97 Å². The van der Waals surface area contributed by atoms with Crippen LogP contribution in [-0.2, 0) is 11.4 Å². The number of hydrogen-bond acceptors (Lipinski definition) is 5. The molecule has 178 valence electrons. The van der Waals surface area contributed by atoms with E-state index in [2.05, 4.69) is 60.4 Å². The lowest BCUT2D eigenvalue weighted by molar-refractivity contribution is -0.131. The summed E-state index contributed by atoms with van der Waals surface area (Å²) in [6, 6.07) is 18.4. The second kappa shape index (κ2) is 12.0. The smallest absolute Gasteiger partial charge is 0.342 e. The molecular formula is C24H15Cl2I2N3O3S. The van der Waals surface area contributed by atoms with E-state index in [1.165, 1.54) is 0 Å². The van der Waals surface area contributed by atoms with E-state index in [1.54, 1.807) is 18.2 Å². The number of ether oxygens (including phenoxy) is 1. The molecule has 1 aromatic heterocycles. The van der Waals surface area contributed by atoms with Crippen LogP contribution in [0.2, 0.25) is 10.0 Å². The molecule has 0 aliphatic heterocycles. The predicted molar refractivity (Wildman–Crippen MR) is 156 cm³/mol. The summed E-state index contributed by atoms with van der Waals surface area (Å²) in [4.78, 5) is 16.4. The molecule has 0 bridgehead atoms. The molecule has 0 amide bonds. The maximum absolute atomic E-state index is 11.9. The molecule has 1 heterocycles. The molecule has 2 N–H and O–H groups in total. The summed E-state index contributed by atoms with van der Waals surface area (Å²) in [5.41, 5.74) is 2.41. The molecule has 0 spiro atoms. The summed E-state index contributed by atoms with van der Waals surface area (Å²) in [5.74, 6) is 0.171. The van der Waals surface area contributed by atoms with Crippen molar-refractivity contribution in [2.75, 3.05) is 0 Å². The van der Waals surface area contributed by atoms with Gasteiger partial charge in [-0.05, 0) is 111 Å². The van der Waals surface area contributed by atoms with Crippen molar-refractivity contribution >= 4 is 92.2 Å². The van der Waals surface area contributed by atoms with Crippen LogP contribution in [0.15, 0.2) is 70.7 Å². The second-order valence-electron chi connectivity index (χ2n) is 7.08. The van der Waals surface area contributed by atoms with Gasteiger partial charge in [-0.25, -0.2) is 9.78 Å². The fourth-order valence-corrected chi connectivity index (χ4v) is 6.13. The van der Waals surface area contributed by atoms with Crippen LogP contribution in [0.25, 0.3) is 17.5 Å². The number of rotatable bonds is 8. The van der Waals surface area contributed by atoms with Gasteiger partial charge in [0, 0.05) is 21.2 Å². The van der Waals surface area contributed by atoms with Crippen molar-refractivity contribution < 1.29 is 14.6 Å². The Kier molecular flexibility index (Phi) is 8.97. The zero-order valence-corrected chi connectivity index (χ0v) is 24.3. The van der Waals surface area contributed by atoms with Gasteiger partial charge in [-0.2, -0.15) is 0 Å². The maximum atomic E-state index is 11.9. The number of thioether (sulfide) groups is 1. The summed E-state index contributed by atoms with van der Waals surface area (Å²) in [6.45, 7) is 0.331. The van der Waals surface area contributed by atoms with E-state index in [-0.39, 0.29) is 4.91 Å². The third-order valence-corrected chi connectivity index (χ3v) is 7.74. The largest absolute Gasteiger partial charge is 0.487 e. The van der Waals surface area contributed by atoms with Crippen molar-refractivity contribution in [3.05, 3.63) is 93.9 Å². The average Bonchev–Trinajstić information content (AvgIpc) is 3.28. The highest BCUT2D eigenvalue weighted by atomic mass is 127. The van der Waals surface area contributed by atoms with Gasteiger partial charge in [0.05, 0.1) is 7.14 Å². The summed E-state index contributed by atoms with van der Waals surface area (Å²) >= 11 is 17.5. The third kappa shape index (κ3) is 6.91. The van der Waals surface area contributed by atoms with E-state index in [4.69, 9.17) is 27.9 Å². The number of nitrogens with zero attached hydrogens (tertiary/aromatic N) is 2. The second-order valence-corrected chi connectivity index (χ2v) is 11.3. The van der Waals surface area contributed by atoms with Gasteiger partial charge < -0.3 is 9.84 Å². The minimum Gasteiger partial charge on any atom is -0.487 e. The Labute approximate surface area is 242 Å². The molecule has 0 saturated carbocycles. The fourth-order valence-electron chi connectivity index (χ4n) is 2.98. The summed E-state index contributed by atoms with van der Waals surface area (Å²) in [6.07, 6.45) is 1.59. The molecule has 0 saturated heterocycles. The minimum absolute atomic E-state index is 0.0861. The van der Waals surface area contributed by atoms with E-state index in [0.717, 1.165) is 41.3 Å². The van der Waals surface area contributed by atoms with Gasteiger partial charge in [-0.3, -0.25) is 5.10 Å². The number of aliphatic carboxylic acids is 1. The van der Waals surface area contributed by atoms with Crippen molar-refractivity contribution in [1.82, 2.24) is 15.2 Å². The first-order valence-electron chi connectivity index (χ1n) is 9.96. The molecule has 35 heavy (non-hydrogen) atoms. The van der Waals surface area contributed by atoms with Gasteiger partial charge in [0.2, 0.25) is 5.16 Å². The van der Waals surface area contributed by atoms with E-state index >= 15 is 0 Å². The Bertz CT molecular complexity index is 1390. The van der Waals surface area contributed by atoms with Crippen LogP contribution in [0.3, 0.4) is 0 Å². The lowest BCUT2D eigenvalue weighted by atomic mass is 10.2. The number of aromatic nitrogens is 3. The van der Waals surface area contributed by atoms with Gasteiger partial charge in [-0.15, -0.1) is 5.10 Å². The van der Waals surface area contributed by atoms with Gasteiger partial charge in [0.1, 0.15) is 17.3 Å². The molecule has 0 unspecified atom stereocenters. The molecule has 3 aromatic carbocycles. The van der Waals surface area contributed by atoms with Crippen molar-refractivity contribution in [1.29, 1.82) is 0 Å². The Balaban J connectivity index is 1.53. The molecule has 0 aliphatic rings. The number of hydrogen-bond donors (Lipinski definition) is 2. The number of carboxylic acids is 1. The van der Waals surface area contributed by atoms with Crippen LogP contribution in [0.1, 0.15) is 11.1 Å². The minimum atomic E-state index is -1.07. The Morgan fingerprint density at radius 1 is 1.09 bits per heavy atom. The van der Waals surface area contributed by atoms with Crippen LogP contribution >= 0.6 is 80.1 Å². The van der Waals surface area contributed by atoms with Crippen LogP contribution in [-0.4, -0.2) is 26.3 Å². The third-order valence-electron chi connectivity index (χ3n) is 4.64. The van der Waals surface area contributed by atoms with E-state index in [0.29, 0.717) is 27.6 Å². The normalized spacial score (nSPS) is 11.5. The number of benzene rings is 3. The lowest BCUT2D eigenvalue weighted by Gasteiger charge is -2.12. The van der Waals surface area contributed by atoms with E-state index < -0.39 is 5.97 Å². The molecule has 4 aromatic rings. The Hall–Kier alpha value is -1.80. The van der Waals surface area contributed by atoms with Gasteiger partial charge in [0.25, 0.3) is 0 Å². The highest BCUT2D eigenvalue weighted by molar-refractivity contribution is 14.1.